The van der Waals surface area contributed by atoms with E-state index >= 15 is 4.39 Å². The van der Waals surface area contributed by atoms with E-state index in [1.165, 1.54) is 31.2 Å². The van der Waals surface area contributed by atoms with Gasteiger partial charge in [-0.1, -0.05) is 35.7 Å². The van der Waals surface area contributed by atoms with E-state index < -0.39 is 23.6 Å². The number of anilines is 1. The number of hydrogen-bond donors (Lipinski definition) is 0. The van der Waals surface area contributed by atoms with E-state index in [0.717, 1.165) is 0 Å². The molecule has 1 amide bonds. The third kappa shape index (κ3) is 5.64. The summed E-state index contributed by atoms with van der Waals surface area (Å²) in [6.45, 7) is 4.47. The van der Waals surface area contributed by atoms with E-state index in [2.05, 4.69) is 22.8 Å². The number of hydrogen-bond acceptors (Lipinski definition) is 6. The van der Waals surface area contributed by atoms with Crippen molar-refractivity contribution in [3.05, 3.63) is 52.6 Å². The second-order valence-corrected chi connectivity index (χ2v) is 12.7. The molecule has 0 radical (unpaired) electrons. The van der Waals surface area contributed by atoms with Crippen LogP contribution >= 0.6 is 11.6 Å². The molecule has 2 aromatic heterocycles. The Balaban J connectivity index is 1.56. The zero-order valence-electron chi connectivity index (χ0n) is 26.3. The minimum Gasteiger partial charge on any atom is -0.351 e. The number of alkyl halides is 3. The first-order chi connectivity index (χ1) is 22.3. The van der Waals surface area contributed by atoms with Crippen LogP contribution < -0.4 is 4.90 Å². The molecule has 0 N–H and O–H groups in total. The number of likely N-dealkylation sites (N-methyl/N-ethyl adjacent to an activating group) is 1. The molecule has 2 fully saturated rings. The molecule has 2 aromatic carbocycles. The van der Waals surface area contributed by atoms with Gasteiger partial charge in [0.05, 0.1) is 34.9 Å². The lowest BCUT2D eigenvalue weighted by atomic mass is 9.93. The Kier molecular flexibility index (Phi) is 8.54. The summed E-state index contributed by atoms with van der Waals surface area (Å²) in [5, 5.41) is 9.67. The normalized spacial score (nSPS) is 18.7. The fourth-order valence-electron chi connectivity index (χ4n) is 6.83. The van der Waals surface area contributed by atoms with Gasteiger partial charge in [-0.2, -0.15) is 18.4 Å². The Hall–Kier alpha value is -4.39. The number of likely N-dealkylation sites (tertiary alicyclic amines) is 1. The summed E-state index contributed by atoms with van der Waals surface area (Å²) in [4.78, 5) is 27.8. The van der Waals surface area contributed by atoms with Gasteiger partial charge in [0.1, 0.15) is 11.0 Å². The number of aryl methyl sites for hydroxylation is 1. The number of halogens is 5. The highest BCUT2D eigenvalue weighted by Gasteiger charge is 2.38. The van der Waals surface area contributed by atoms with Gasteiger partial charge in [-0.3, -0.25) is 4.79 Å². The lowest BCUT2D eigenvalue weighted by molar-refractivity contribution is -0.137. The smallest absolute Gasteiger partial charge is 0.351 e. The lowest BCUT2D eigenvalue weighted by Crippen LogP contribution is -2.57. The Labute approximate surface area is 274 Å². The maximum Gasteiger partial charge on any atom is 0.417 e. The Morgan fingerprint density at radius 1 is 1.21 bits per heavy atom. The molecule has 2 aliphatic heterocycles. The number of nitriles is 1. The van der Waals surface area contributed by atoms with Crippen molar-refractivity contribution in [2.24, 2.45) is 0 Å². The molecule has 4 heterocycles. The molecule has 0 saturated carbocycles. The molecule has 13 heteroatoms. The number of amides is 1. The molecule has 0 unspecified atom stereocenters. The van der Waals surface area contributed by atoms with Crippen LogP contribution in [-0.4, -0.2) is 76.1 Å². The number of imidazole rings is 1. The largest absolute Gasteiger partial charge is 0.417 e. The number of carbonyl (C=O) groups excluding carboxylic acids is 1. The number of rotatable bonds is 5. The van der Waals surface area contributed by atoms with Gasteiger partial charge in [0, 0.05) is 48.7 Å². The SMILES string of the molecule is CC#CC(=O)N1CC[C@H](n2cnc3c(N4CC(N(C)C)C4)nc4c(F)c(-c5cccc(C)c5C(F)(F)F)c(Cl)cc4c32)C[C@H]1CC#N. The van der Waals surface area contributed by atoms with Gasteiger partial charge < -0.3 is 19.3 Å². The van der Waals surface area contributed by atoms with Crippen LogP contribution in [0, 0.1) is 35.9 Å². The summed E-state index contributed by atoms with van der Waals surface area (Å²) >= 11 is 6.69. The number of aromatic nitrogens is 3. The first kappa shape index (κ1) is 32.5. The second kappa shape index (κ2) is 12.3. The number of benzene rings is 2. The lowest BCUT2D eigenvalue weighted by Gasteiger charge is -2.43. The van der Waals surface area contributed by atoms with Gasteiger partial charge in [0.2, 0.25) is 0 Å². The van der Waals surface area contributed by atoms with Crippen LogP contribution in [0.25, 0.3) is 33.1 Å². The van der Waals surface area contributed by atoms with Crippen molar-refractivity contribution >= 4 is 45.3 Å². The maximum atomic E-state index is 16.8. The van der Waals surface area contributed by atoms with Crippen molar-refractivity contribution < 1.29 is 22.4 Å². The Bertz CT molecular complexity index is 2000. The van der Waals surface area contributed by atoms with Crippen molar-refractivity contribution in [3.8, 4) is 29.0 Å². The minimum absolute atomic E-state index is 0.0512. The van der Waals surface area contributed by atoms with Crippen molar-refractivity contribution in [3.63, 3.8) is 0 Å². The average Bonchev–Trinajstić information content (AvgIpc) is 3.42. The van der Waals surface area contributed by atoms with E-state index in [4.69, 9.17) is 21.6 Å². The van der Waals surface area contributed by atoms with Crippen LogP contribution in [0.2, 0.25) is 5.02 Å². The topological polar surface area (TPSA) is 81.3 Å². The van der Waals surface area contributed by atoms with Crippen molar-refractivity contribution in [1.82, 2.24) is 24.3 Å². The molecule has 2 atom stereocenters. The van der Waals surface area contributed by atoms with E-state index in [9.17, 15) is 23.2 Å². The summed E-state index contributed by atoms with van der Waals surface area (Å²) in [5.41, 5.74) is -0.799. The van der Waals surface area contributed by atoms with E-state index in [-0.39, 0.29) is 51.6 Å². The first-order valence-electron chi connectivity index (χ1n) is 15.2. The molecule has 4 aromatic rings. The maximum absolute atomic E-state index is 16.8. The van der Waals surface area contributed by atoms with Gasteiger partial charge in [0.15, 0.2) is 11.6 Å². The zero-order valence-corrected chi connectivity index (χ0v) is 27.0. The number of fused-ring (bicyclic) bond motifs is 3. The van der Waals surface area contributed by atoms with Crippen LogP contribution in [0.4, 0.5) is 23.4 Å². The molecular weight excluding hydrogens is 634 g/mol. The van der Waals surface area contributed by atoms with Crippen LogP contribution in [0.5, 0.6) is 0 Å². The number of piperidine rings is 1. The summed E-state index contributed by atoms with van der Waals surface area (Å²) in [5.74, 6) is 4.32. The van der Waals surface area contributed by atoms with Crippen LogP contribution in [-0.2, 0) is 11.0 Å². The van der Waals surface area contributed by atoms with Crippen molar-refractivity contribution in [2.45, 2.75) is 57.4 Å². The van der Waals surface area contributed by atoms with Gasteiger partial charge in [0.25, 0.3) is 5.91 Å². The van der Waals surface area contributed by atoms with Gasteiger partial charge in [-0.05, 0) is 63.9 Å². The highest BCUT2D eigenvalue weighted by molar-refractivity contribution is 6.35. The molecule has 0 spiro atoms. The molecule has 8 nitrogen and oxygen atoms in total. The van der Waals surface area contributed by atoms with Crippen molar-refractivity contribution in [2.75, 3.05) is 38.6 Å². The molecule has 2 aliphatic rings. The Morgan fingerprint density at radius 3 is 2.62 bits per heavy atom. The fraction of sp³-hybridized carbons (Fsp3) is 0.412. The first-order valence-corrected chi connectivity index (χ1v) is 15.6. The van der Waals surface area contributed by atoms with Gasteiger partial charge in [-0.15, -0.1) is 0 Å². The molecule has 6 rings (SSSR count). The third-order valence-electron chi connectivity index (χ3n) is 9.29. The molecule has 47 heavy (non-hydrogen) atoms. The fourth-order valence-corrected chi connectivity index (χ4v) is 7.12. The van der Waals surface area contributed by atoms with Crippen LogP contribution in [0.3, 0.4) is 0 Å². The van der Waals surface area contributed by atoms with E-state index in [1.807, 2.05) is 23.6 Å². The average molecular weight is 666 g/mol. The monoisotopic (exact) mass is 665 g/mol. The summed E-state index contributed by atoms with van der Waals surface area (Å²) in [6.07, 6.45) is -2.05. The molecule has 244 valence electrons. The van der Waals surface area contributed by atoms with Gasteiger partial charge >= 0.3 is 6.18 Å². The van der Waals surface area contributed by atoms with Gasteiger partial charge in [-0.25, -0.2) is 14.4 Å². The minimum atomic E-state index is -4.75. The molecular formula is C34H32ClF4N7O. The third-order valence-corrected chi connectivity index (χ3v) is 9.59. The summed E-state index contributed by atoms with van der Waals surface area (Å²) < 4.78 is 61.5. The number of carbonyl (C=O) groups is 1. The summed E-state index contributed by atoms with van der Waals surface area (Å²) in [7, 11) is 3.93. The second-order valence-electron chi connectivity index (χ2n) is 12.3. The predicted molar refractivity (Wildman–Crippen MR) is 172 cm³/mol. The van der Waals surface area contributed by atoms with Crippen molar-refractivity contribution in [1.29, 1.82) is 5.26 Å². The predicted octanol–water partition coefficient (Wildman–Crippen LogP) is 6.59. The zero-order chi connectivity index (χ0) is 33.8. The van der Waals surface area contributed by atoms with E-state index in [1.54, 1.807) is 18.2 Å². The summed E-state index contributed by atoms with van der Waals surface area (Å²) in [6, 6.07) is 7.24. The number of pyridine rings is 1. The van der Waals surface area contributed by atoms with Crippen LogP contribution in [0.15, 0.2) is 30.6 Å². The van der Waals surface area contributed by atoms with E-state index in [0.29, 0.717) is 54.7 Å². The molecule has 2 saturated heterocycles. The molecule has 0 aliphatic carbocycles. The number of nitrogens with zero attached hydrogens (tertiary/aromatic N) is 7. The molecule has 0 bridgehead atoms. The standard InChI is InChI=1S/C34H32ClF4N7O/c1-5-7-26(47)45-13-11-21(14-20(45)10-12-40)46-18-41-31-32(46)24-15-25(35)27(23-9-6-8-19(2)28(23)34(37,38)39)29(36)30(24)42-33(31)44-16-22(17-44)43(3)4/h6,8-9,15,18,20-22H,10-11,13-14,16-17H2,1-4H3/t20-,21+/m1/s1. The quantitative estimate of drug-likeness (QED) is 0.177. The Morgan fingerprint density at radius 2 is 1.96 bits per heavy atom. The highest BCUT2D eigenvalue weighted by atomic mass is 35.5. The van der Waals surface area contributed by atoms with Crippen LogP contribution in [0.1, 0.15) is 43.4 Å². The highest BCUT2D eigenvalue weighted by Crippen LogP contribution is 2.46.